The first kappa shape index (κ1) is 26.4. The number of nitrogens with two attached hydrogens (primary N) is 1. The van der Waals surface area contributed by atoms with Crippen molar-refractivity contribution in [3.63, 3.8) is 0 Å². The van der Waals surface area contributed by atoms with Gasteiger partial charge in [0, 0.05) is 11.6 Å². The Balaban J connectivity index is 1.93. The van der Waals surface area contributed by atoms with Crippen LogP contribution in [0.15, 0.2) is 71.5 Å². The van der Waals surface area contributed by atoms with Crippen molar-refractivity contribution in [2.24, 2.45) is 0 Å². The minimum atomic E-state index is -5.00. The number of hydrogen-bond acceptors (Lipinski definition) is 4. The number of nitriles is 1. The van der Waals surface area contributed by atoms with E-state index in [1.807, 2.05) is 0 Å². The summed E-state index contributed by atoms with van der Waals surface area (Å²) in [5.41, 5.74) is 3.69. The van der Waals surface area contributed by atoms with Gasteiger partial charge >= 0.3 is 6.18 Å². The third kappa shape index (κ3) is 5.22. The van der Waals surface area contributed by atoms with Crippen molar-refractivity contribution in [3.8, 4) is 34.2 Å². The molecule has 0 spiro atoms. The van der Waals surface area contributed by atoms with Gasteiger partial charge < -0.3 is 15.0 Å². The highest BCUT2D eigenvalue weighted by Crippen LogP contribution is 2.35. The molecule has 38 heavy (non-hydrogen) atoms. The lowest BCUT2D eigenvalue weighted by atomic mass is 9.98. The molecule has 4 rings (SSSR count). The van der Waals surface area contributed by atoms with E-state index >= 15 is 0 Å². The Hall–Kier alpha value is -4.65. The first-order valence-corrected chi connectivity index (χ1v) is 11.4. The lowest BCUT2D eigenvalue weighted by Gasteiger charge is -2.18. The van der Waals surface area contributed by atoms with Crippen molar-refractivity contribution in [2.45, 2.75) is 19.6 Å². The van der Waals surface area contributed by atoms with E-state index in [-0.39, 0.29) is 16.8 Å². The second-order valence-corrected chi connectivity index (χ2v) is 8.32. The summed E-state index contributed by atoms with van der Waals surface area (Å²) in [7, 11) is 0. The quantitative estimate of drug-likeness (QED) is 0.234. The highest BCUT2D eigenvalue weighted by molar-refractivity contribution is 5.75. The lowest BCUT2D eigenvalue weighted by molar-refractivity contribution is -0.137. The number of alkyl halides is 3. The molecule has 1 aromatic heterocycles. The molecule has 0 aliphatic rings. The molecule has 0 fully saturated rings. The summed E-state index contributed by atoms with van der Waals surface area (Å²) in [6.45, 7) is 1.68. The highest BCUT2D eigenvalue weighted by atomic mass is 19.4. The maximum Gasteiger partial charge on any atom is 0.417 e. The Kier molecular flexibility index (Phi) is 7.21. The van der Waals surface area contributed by atoms with Crippen molar-refractivity contribution in [1.29, 1.82) is 5.26 Å². The van der Waals surface area contributed by atoms with Gasteiger partial charge in [0.05, 0.1) is 30.1 Å². The Labute approximate surface area is 214 Å². The summed E-state index contributed by atoms with van der Waals surface area (Å²) in [6, 6.07) is 16.0. The molecule has 0 saturated heterocycles. The van der Waals surface area contributed by atoms with Crippen LogP contribution in [-0.4, -0.2) is 11.2 Å². The lowest BCUT2D eigenvalue weighted by Crippen LogP contribution is -2.29. The molecular formula is C28H20F5N3O2. The fourth-order valence-corrected chi connectivity index (χ4v) is 4.07. The van der Waals surface area contributed by atoms with Gasteiger partial charge in [0.2, 0.25) is 0 Å². The maximum atomic E-state index is 14.4. The SMILES string of the molecule is CCOc1ccc(-c2cccc(-c3cc(C(F)(F)F)c(C#N)c(=O)n3Cc3ccc(F)cc3F)c2)cc1N. The van der Waals surface area contributed by atoms with Gasteiger partial charge in [0.1, 0.15) is 29.0 Å². The van der Waals surface area contributed by atoms with Crippen LogP contribution in [0.2, 0.25) is 0 Å². The predicted octanol–water partition coefficient (Wildman–Crippen LogP) is 6.38. The summed E-state index contributed by atoms with van der Waals surface area (Å²) in [5, 5.41) is 9.38. The van der Waals surface area contributed by atoms with E-state index in [0.29, 0.717) is 41.3 Å². The first-order valence-electron chi connectivity index (χ1n) is 11.4. The van der Waals surface area contributed by atoms with E-state index in [2.05, 4.69) is 0 Å². The van der Waals surface area contributed by atoms with Gasteiger partial charge in [0.15, 0.2) is 0 Å². The normalized spacial score (nSPS) is 11.3. The molecule has 1 heterocycles. The monoisotopic (exact) mass is 525 g/mol. The zero-order valence-corrected chi connectivity index (χ0v) is 19.9. The largest absolute Gasteiger partial charge is 0.492 e. The molecule has 0 amide bonds. The number of pyridine rings is 1. The Bertz CT molecular complexity index is 1620. The van der Waals surface area contributed by atoms with E-state index in [9.17, 15) is 32.0 Å². The van der Waals surface area contributed by atoms with Crippen LogP contribution in [0.1, 0.15) is 23.6 Å². The highest BCUT2D eigenvalue weighted by Gasteiger charge is 2.36. The van der Waals surface area contributed by atoms with Gasteiger partial charge in [-0.3, -0.25) is 4.79 Å². The van der Waals surface area contributed by atoms with Gasteiger partial charge in [-0.25, -0.2) is 8.78 Å². The van der Waals surface area contributed by atoms with Crippen LogP contribution in [0, 0.1) is 23.0 Å². The molecule has 0 bridgehead atoms. The molecule has 4 aromatic rings. The van der Waals surface area contributed by atoms with Crippen molar-refractivity contribution < 1.29 is 26.7 Å². The summed E-state index contributed by atoms with van der Waals surface area (Å²) in [4.78, 5) is 13.2. The van der Waals surface area contributed by atoms with Crippen LogP contribution in [-0.2, 0) is 12.7 Å². The number of anilines is 1. The smallest absolute Gasteiger partial charge is 0.417 e. The molecule has 194 valence electrons. The summed E-state index contributed by atoms with van der Waals surface area (Å²) in [6.07, 6.45) is -5.00. The Morgan fingerprint density at radius 3 is 2.32 bits per heavy atom. The van der Waals surface area contributed by atoms with Crippen LogP contribution < -0.4 is 16.0 Å². The number of nitrogen functional groups attached to an aromatic ring is 1. The average Bonchev–Trinajstić information content (AvgIpc) is 2.87. The molecule has 2 N–H and O–H groups in total. The molecule has 0 atom stereocenters. The molecule has 0 aliphatic carbocycles. The molecular weight excluding hydrogens is 505 g/mol. The summed E-state index contributed by atoms with van der Waals surface area (Å²) < 4.78 is 75.7. The topological polar surface area (TPSA) is 81.0 Å². The third-order valence-corrected chi connectivity index (χ3v) is 5.86. The van der Waals surface area contributed by atoms with Gasteiger partial charge in [-0.05, 0) is 53.9 Å². The van der Waals surface area contributed by atoms with Crippen LogP contribution in [0.4, 0.5) is 27.6 Å². The van der Waals surface area contributed by atoms with Crippen LogP contribution >= 0.6 is 0 Å². The predicted molar refractivity (Wildman–Crippen MR) is 132 cm³/mol. The van der Waals surface area contributed by atoms with Gasteiger partial charge in [-0.15, -0.1) is 0 Å². The zero-order chi connectivity index (χ0) is 27.6. The minimum absolute atomic E-state index is 0.145. The molecule has 5 nitrogen and oxygen atoms in total. The number of hydrogen-bond donors (Lipinski definition) is 1. The van der Waals surface area contributed by atoms with E-state index in [0.717, 1.165) is 16.7 Å². The molecule has 0 aliphatic heterocycles. The minimum Gasteiger partial charge on any atom is -0.492 e. The van der Waals surface area contributed by atoms with Crippen molar-refractivity contribution >= 4 is 5.69 Å². The van der Waals surface area contributed by atoms with Crippen LogP contribution in [0.5, 0.6) is 5.75 Å². The fraction of sp³-hybridized carbons (Fsp3) is 0.143. The van der Waals surface area contributed by atoms with E-state index in [1.165, 1.54) is 12.1 Å². The molecule has 0 saturated carbocycles. The second kappa shape index (κ2) is 10.4. The molecule has 3 aromatic carbocycles. The maximum absolute atomic E-state index is 14.4. The molecule has 0 radical (unpaired) electrons. The number of halogens is 5. The van der Waals surface area contributed by atoms with Crippen LogP contribution in [0.25, 0.3) is 22.4 Å². The number of ether oxygens (including phenoxy) is 1. The van der Waals surface area contributed by atoms with Crippen molar-refractivity contribution in [1.82, 2.24) is 4.57 Å². The van der Waals surface area contributed by atoms with Crippen LogP contribution in [0.3, 0.4) is 0 Å². The van der Waals surface area contributed by atoms with E-state index in [1.54, 1.807) is 43.3 Å². The molecule has 10 heteroatoms. The van der Waals surface area contributed by atoms with Gasteiger partial charge in [-0.2, -0.15) is 18.4 Å². The van der Waals surface area contributed by atoms with Gasteiger partial charge in [-0.1, -0.05) is 30.3 Å². The second-order valence-electron chi connectivity index (χ2n) is 8.32. The van der Waals surface area contributed by atoms with E-state index < -0.39 is 41.0 Å². The average molecular weight is 525 g/mol. The number of aromatic nitrogens is 1. The number of rotatable bonds is 6. The van der Waals surface area contributed by atoms with Crippen molar-refractivity contribution in [3.05, 3.63) is 105 Å². The summed E-state index contributed by atoms with van der Waals surface area (Å²) >= 11 is 0. The zero-order valence-electron chi connectivity index (χ0n) is 19.9. The third-order valence-electron chi connectivity index (χ3n) is 5.86. The van der Waals surface area contributed by atoms with Crippen molar-refractivity contribution in [2.75, 3.05) is 12.3 Å². The molecule has 0 unspecified atom stereocenters. The standard InChI is InChI=1S/C28H20F5N3O2/c1-2-38-26-9-7-17(11-24(26)35)16-4-3-5-18(10-16)25-13-22(28(31,32)33)21(14-34)27(37)36(25)15-19-6-8-20(29)12-23(19)30/h3-13H,2,15,35H2,1H3. The van der Waals surface area contributed by atoms with E-state index in [4.69, 9.17) is 10.5 Å². The Morgan fingerprint density at radius 2 is 1.68 bits per heavy atom. The Morgan fingerprint density at radius 1 is 0.974 bits per heavy atom. The number of nitrogens with zero attached hydrogens (tertiary/aromatic N) is 2. The summed E-state index contributed by atoms with van der Waals surface area (Å²) in [5.74, 6) is -1.37. The fourth-order valence-electron chi connectivity index (χ4n) is 4.07. The van der Waals surface area contributed by atoms with Gasteiger partial charge in [0.25, 0.3) is 5.56 Å². The first-order chi connectivity index (χ1) is 18.0. The number of benzene rings is 3.